The molecule has 0 radical (unpaired) electrons. The third-order valence-corrected chi connectivity index (χ3v) is 3.64. The van der Waals surface area contributed by atoms with Gasteiger partial charge in [0.25, 0.3) is 0 Å². The highest BCUT2D eigenvalue weighted by atomic mass is 16.2. The second kappa shape index (κ2) is 4.49. The maximum absolute atomic E-state index is 12.3. The first kappa shape index (κ1) is 12.1. The van der Waals surface area contributed by atoms with E-state index < -0.39 is 0 Å². The van der Waals surface area contributed by atoms with E-state index in [9.17, 15) is 4.79 Å². The second-order valence-electron chi connectivity index (χ2n) is 5.21. The molecule has 2 N–H and O–H groups in total. The Morgan fingerprint density at radius 1 is 1.35 bits per heavy atom. The molecule has 0 aromatic heterocycles. The summed E-state index contributed by atoms with van der Waals surface area (Å²) in [5.41, 5.74) is 2.93. The first-order valence-electron chi connectivity index (χ1n) is 6.11. The van der Waals surface area contributed by atoms with Gasteiger partial charge < -0.3 is 10.6 Å². The van der Waals surface area contributed by atoms with Crippen molar-refractivity contribution in [3.05, 3.63) is 29.3 Å². The van der Waals surface area contributed by atoms with Crippen LogP contribution in [0.25, 0.3) is 0 Å². The molecule has 1 amide bonds. The van der Waals surface area contributed by atoms with Gasteiger partial charge in [-0.3, -0.25) is 4.79 Å². The van der Waals surface area contributed by atoms with Crippen LogP contribution in [0.5, 0.6) is 0 Å². The maximum atomic E-state index is 12.3. The first-order chi connectivity index (χ1) is 8.03. The molecule has 1 unspecified atom stereocenters. The number of carbonyl (C=O) groups is 1. The molecular formula is C14H20N2O. The number of amides is 1. The molecule has 1 aliphatic heterocycles. The minimum Gasteiger partial charge on any atom is -0.325 e. The van der Waals surface area contributed by atoms with E-state index in [0.29, 0.717) is 0 Å². The summed E-state index contributed by atoms with van der Waals surface area (Å²) < 4.78 is 0. The lowest BCUT2D eigenvalue weighted by Crippen LogP contribution is -2.35. The van der Waals surface area contributed by atoms with Crippen LogP contribution in [-0.4, -0.2) is 19.0 Å². The molecule has 92 valence electrons. The van der Waals surface area contributed by atoms with E-state index in [1.54, 1.807) is 0 Å². The summed E-state index contributed by atoms with van der Waals surface area (Å²) in [7, 11) is 0. The molecule has 1 saturated heterocycles. The van der Waals surface area contributed by atoms with Crippen LogP contribution in [-0.2, 0) is 4.79 Å². The summed E-state index contributed by atoms with van der Waals surface area (Å²) in [4.78, 5) is 12.3. The summed E-state index contributed by atoms with van der Waals surface area (Å²) in [6, 6.07) is 6.06. The molecule has 1 aromatic rings. The largest absolute Gasteiger partial charge is 0.325 e. The predicted octanol–water partition coefficient (Wildman–Crippen LogP) is 2.24. The molecular weight excluding hydrogens is 212 g/mol. The maximum Gasteiger partial charge on any atom is 0.231 e. The van der Waals surface area contributed by atoms with Gasteiger partial charge in [-0.05, 0) is 44.9 Å². The van der Waals surface area contributed by atoms with Gasteiger partial charge in [0.1, 0.15) is 0 Å². The van der Waals surface area contributed by atoms with Crippen molar-refractivity contribution in [3.8, 4) is 0 Å². The molecule has 1 aromatic carbocycles. The van der Waals surface area contributed by atoms with E-state index in [1.807, 2.05) is 39.0 Å². The summed E-state index contributed by atoms with van der Waals surface area (Å²) in [5, 5.41) is 6.33. The summed E-state index contributed by atoms with van der Waals surface area (Å²) >= 11 is 0. The molecule has 17 heavy (non-hydrogen) atoms. The fourth-order valence-electron chi connectivity index (χ4n) is 2.29. The molecule has 3 nitrogen and oxygen atoms in total. The standard InChI is InChI=1S/C14H20N2O/c1-10-5-4-6-11(2)12(10)16-13(17)14(3)7-8-15-9-14/h4-6,15H,7-9H2,1-3H3,(H,16,17). The van der Waals surface area contributed by atoms with Gasteiger partial charge in [0.2, 0.25) is 5.91 Å². The Balaban J connectivity index is 2.18. The molecule has 0 aliphatic carbocycles. The number of aryl methyl sites for hydroxylation is 2. The molecule has 1 fully saturated rings. The van der Waals surface area contributed by atoms with Gasteiger partial charge in [0.05, 0.1) is 5.41 Å². The number of hydrogen-bond acceptors (Lipinski definition) is 2. The van der Waals surface area contributed by atoms with Gasteiger partial charge in [-0.15, -0.1) is 0 Å². The Morgan fingerprint density at radius 3 is 2.53 bits per heavy atom. The van der Waals surface area contributed by atoms with Crippen molar-refractivity contribution in [2.75, 3.05) is 18.4 Å². The lowest BCUT2D eigenvalue weighted by Gasteiger charge is -2.23. The molecule has 3 heteroatoms. The number of carbonyl (C=O) groups excluding carboxylic acids is 1. The van der Waals surface area contributed by atoms with Gasteiger partial charge in [0, 0.05) is 12.2 Å². The smallest absolute Gasteiger partial charge is 0.231 e. The highest BCUT2D eigenvalue weighted by Gasteiger charge is 2.36. The number of para-hydroxylation sites is 1. The van der Waals surface area contributed by atoms with E-state index in [1.165, 1.54) is 0 Å². The van der Waals surface area contributed by atoms with Crippen LogP contribution >= 0.6 is 0 Å². The Hall–Kier alpha value is -1.35. The molecule has 2 rings (SSSR count). The topological polar surface area (TPSA) is 41.1 Å². The van der Waals surface area contributed by atoms with Gasteiger partial charge >= 0.3 is 0 Å². The van der Waals surface area contributed by atoms with Crippen LogP contribution in [0.15, 0.2) is 18.2 Å². The van der Waals surface area contributed by atoms with Crippen LogP contribution in [0, 0.1) is 19.3 Å². The fraction of sp³-hybridized carbons (Fsp3) is 0.500. The van der Waals surface area contributed by atoms with Crippen molar-refractivity contribution in [1.29, 1.82) is 0 Å². The fourth-order valence-corrected chi connectivity index (χ4v) is 2.29. The summed E-state index contributed by atoms with van der Waals surface area (Å²) in [5.74, 6) is 0.125. The van der Waals surface area contributed by atoms with E-state index in [4.69, 9.17) is 0 Å². The van der Waals surface area contributed by atoms with Crippen molar-refractivity contribution in [2.45, 2.75) is 27.2 Å². The lowest BCUT2D eigenvalue weighted by atomic mass is 9.88. The number of anilines is 1. The van der Waals surface area contributed by atoms with Crippen LogP contribution in [0.3, 0.4) is 0 Å². The highest BCUT2D eigenvalue weighted by Crippen LogP contribution is 2.28. The Bertz CT molecular complexity index is 414. The number of benzene rings is 1. The zero-order valence-electron chi connectivity index (χ0n) is 10.8. The lowest BCUT2D eigenvalue weighted by molar-refractivity contribution is -0.123. The Kier molecular flexibility index (Phi) is 3.20. The van der Waals surface area contributed by atoms with Gasteiger partial charge in [0.15, 0.2) is 0 Å². The highest BCUT2D eigenvalue weighted by molar-refractivity contribution is 5.96. The van der Waals surface area contributed by atoms with E-state index >= 15 is 0 Å². The second-order valence-corrected chi connectivity index (χ2v) is 5.21. The van der Waals surface area contributed by atoms with Crippen LogP contribution in [0.4, 0.5) is 5.69 Å². The minimum atomic E-state index is -0.269. The normalized spacial score (nSPS) is 23.7. The van der Waals surface area contributed by atoms with Crippen molar-refractivity contribution in [1.82, 2.24) is 5.32 Å². The van der Waals surface area contributed by atoms with E-state index in [0.717, 1.165) is 36.3 Å². The van der Waals surface area contributed by atoms with Crippen molar-refractivity contribution >= 4 is 11.6 Å². The molecule has 1 heterocycles. The SMILES string of the molecule is Cc1cccc(C)c1NC(=O)C1(C)CCNC1. The summed E-state index contributed by atoms with van der Waals surface area (Å²) in [6.45, 7) is 7.77. The van der Waals surface area contributed by atoms with Crippen LogP contribution in [0.2, 0.25) is 0 Å². The van der Waals surface area contributed by atoms with Crippen molar-refractivity contribution < 1.29 is 4.79 Å². The third kappa shape index (κ3) is 2.34. The van der Waals surface area contributed by atoms with Crippen LogP contribution < -0.4 is 10.6 Å². The first-order valence-corrected chi connectivity index (χ1v) is 6.11. The molecule has 0 spiro atoms. The Labute approximate surface area is 103 Å². The average molecular weight is 232 g/mol. The van der Waals surface area contributed by atoms with Crippen molar-refractivity contribution in [3.63, 3.8) is 0 Å². The molecule has 0 saturated carbocycles. The average Bonchev–Trinajstić information content (AvgIpc) is 2.72. The van der Waals surface area contributed by atoms with Gasteiger partial charge in [-0.25, -0.2) is 0 Å². The summed E-state index contributed by atoms with van der Waals surface area (Å²) in [6.07, 6.45) is 0.907. The third-order valence-electron chi connectivity index (χ3n) is 3.64. The zero-order chi connectivity index (χ0) is 12.5. The minimum absolute atomic E-state index is 0.125. The van der Waals surface area contributed by atoms with Gasteiger partial charge in [-0.2, -0.15) is 0 Å². The quantitative estimate of drug-likeness (QED) is 0.821. The monoisotopic (exact) mass is 232 g/mol. The number of rotatable bonds is 2. The Morgan fingerprint density at radius 2 is 2.00 bits per heavy atom. The van der Waals surface area contributed by atoms with Gasteiger partial charge in [-0.1, -0.05) is 18.2 Å². The number of nitrogens with one attached hydrogen (secondary N) is 2. The van der Waals surface area contributed by atoms with E-state index in [-0.39, 0.29) is 11.3 Å². The molecule has 0 bridgehead atoms. The predicted molar refractivity (Wildman–Crippen MR) is 70.1 cm³/mol. The molecule has 1 aliphatic rings. The van der Waals surface area contributed by atoms with Crippen LogP contribution in [0.1, 0.15) is 24.5 Å². The van der Waals surface area contributed by atoms with E-state index in [2.05, 4.69) is 10.6 Å². The molecule has 1 atom stereocenters. The zero-order valence-corrected chi connectivity index (χ0v) is 10.8. The number of hydrogen-bond donors (Lipinski definition) is 2. The van der Waals surface area contributed by atoms with Crippen molar-refractivity contribution in [2.24, 2.45) is 5.41 Å².